The van der Waals surface area contributed by atoms with Crippen LogP contribution >= 0.6 is 0 Å². The first-order valence-electron chi connectivity index (χ1n) is 6.88. The number of aromatic nitrogens is 6. The van der Waals surface area contributed by atoms with Crippen molar-refractivity contribution >= 4 is 11.8 Å². The number of carboxylic acids is 1. The van der Waals surface area contributed by atoms with Gasteiger partial charge in [0.15, 0.2) is 5.69 Å². The standard InChI is InChI=1S/C14H13N7O3/c1-15-13-9(11-7-17-19-20(11)2)5-8(6-16-13)21-12(22)4-3-10(18-21)14(23)24/h3-7H,1-2H3,(H,15,16)(H,23,24). The largest absolute Gasteiger partial charge is 0.476 e. The van der Waals surface area contributed by atoms with Gasteiger partial charge in [0.1, 0.15) is 5.82 Å². The highest BCUT2D eigenvalue weighted by Crippen LogP contribution is 2.26. The van der Waals surface area contributed by atoms with Gasteiger partial charge in [0.05, 0.1) is 23.8 Å². The number of nitrogens with one attached hydrogen (secondary N) is 1. The Morgan fingerprint density at radius 3 is 2.71 bits per heavy atom. The molecule has 2 N–H and O–H groups in total. The lowest BCUT2D eigenvalue weighted by Crippen LogP contribution is -2.23. The summed E-state index contributed by atoms with van der Waals surface area (Å²) >= 11 is 0. The van der Waals surface area contributed by atoms with Gasteiger partial charge in [0.25, 0.3) is 5.56 Å². The summed E-state index contributed by atoms with van der Waals surface area (Å²) in [5.74, 6) is -0.661. The molecule has 0 aliphatic rings. The molecule has 0 aromatic carbocycles. The lowest BCUT2D eigenvalue weighted by molar-refractivity contribution is 0.0688. The topological polar surface area (TPSA) is 128 Å². The summed E-state index contributed by atoms with van der Waals surface area (Å²) in [7, 11) is 3.44. The molecule has 0 fully saturated rings. The Morgan fingerprint density at radius 1 is 1.29 bits per heavy atom. The molecule has 0 saturated carbocycles. The minimum absolute atomic E-state index is 0.240. The SMILES string of the molecule is CNc1ncc(-n2nc(C(=O)O)ccc2=O)cc1-c1cnnn1C. The van der Waals surface area contributed by atoms with Crippen molar-refractivity contribution in [2.24, 2.45) is 7.05 Å². The van der Waals surface area contributed by atoms with Gasteiger partial charge in [-0.1, -0.05) is 5.21 Å². The van der Waals surface area contributed by atoms with Crippen molar-refractivity contribution in [2.45, 2.75) is 0 Å². The lowest BCUT2D eigenvalue weighted by Gasteiger charge is -2.11. The molecular formula is C14H13N7O3. The summed E-state index contributed by atoms with van der Waals surface area (Å²) in [5, 5.41) is 23.5. The van der Waals surface area contributed by atoms with Crippen LogP contribution in [0.4, 0.5) is 5.82 Å². The average molecular weight is 327 g/mol. The first kappa shape index (κ1) is 15.3. The second-order valence-electron chi connectivity index (χ2n) is 4.86. The maximum Gasteiger partial charge on any atom is 0.356 e. The van der Waals surface area contributed by atoms with Crippen LogP contribution in [0, 0.1) is 0 Å². The first-order chi connectivity index (χ1) is 11.5. The average Bonchev–Trinajstić information content (AvgIpc) is 3.00. The molecule has 0 radical (unpaired) electrons. The van der Waals surface area contributed by atoms with Crippen LogP contribution in [-0.4, -0.2) is 47.9 Å². The quantitative estimate of drug-likeness (QED) is 0.693. The van der Waals surface area contributed by atoms with E-state index in [1.807, 2.05) is 0 Å². The molecule has 10 nitrogen and oxygen atoms in total. The van der Waals surface area contributed by atoms with Gasteiger partial charge in [-0.25, -0.2) is 14.5 Å². The van der Waals surface area contributed by atoms with Crippen molar-refractivity contribution in [1.82, 2.24) is 29.8 Å². The Bertz CT molecular complexity index is 976. The number of pyridine rings is 1. The maximum atomic E-state index is 12.0. The molecule has 0 saturated heterocycles. The van der Waals surface area contributed by atoms with Crippen LogP contribution in [0.15, 0.2) is 35.4 Å². The van der Waals surface area contributed by atoms with Crippen LogP contribution < -0.4 is 10.9 Å². The highest BCUT2D eigenvalue weighted by atomic mass is 16.4. The number of nitrogens with zero attached hydrogens (tertiary/aromatic N) is 6. The summed E-state index contributed by atoms with van der Waals surface area (Å²) in [4.78, 5) is 27.4. The Kier molecular flexibility index (Phi) is 3.78. The molecule has 3 aromatic rings. The number of rotatable bonds is 4. The van der Waals surface area contributed by atoms with Crippen molar-refractivity contribution in [3.8, 4) is 16.9 Å². The van der Waals surface area contributed by atoms with Crippen LogP contribution in [0.5, 0.6) is 0 Å². The first-order valence-corrected chi connectivity index (χ1v) is 6.88. The number of hydrogen-bond acceptors (Lipinski definition) is 7. The normalized spacial score (nSPS) is 10.6. The third kappa shape index (κ3) is 2.60. The van der Waals surface area contributed by atoms with Gasteiger partial charge in [-0.2, -0.15) is 9.78 Å². The number of hydrogen-bond donors (Lipinski definition) is 2. The third-order valence-corrected chi connectivity index (χ3v) is 3.36. The molecule has 0 atom stereocenters. The van der Waals surface area contributed by atoms with E-state index in [1.54, 1.807) is 31.0 Å². The van der Waals surface area contributed by atoms with Crippen LogP contribution in [0.25, 0.3) is 16.9 Å². The smallest absolute Gasteiger partial charge is 0.356 e. The molecule has 0 bridgehead atoms. The van der Waals surface area contributed by atoms with E-state index in [0.29, 0.717) is 22.8 Å². The predicted molar refractivity (Wildman–Crippen MR) is 84.1 cm³/mol. The minimum Gasteiger partial charge on any atom is -0.476 e. The molecule has 0 unspecified atom stereocenters. The summed E-state index contributed by atoms with van der Waals surface area (Å²) in [6, 6.07) is 3.97. The fourth-order valence-corrected chi connectivity index (χ4v) is 2.21. The fourth-order valence-electron chi connectivity index (χ4n) is 2.21. The highest BCUT2D eigenvalue weighted by molar-refractivity contribution is 5.85. The number of carbonyl (C=O) groups is 1. The van der Waals surface area contributed by atoms with Gasteiger partial charge in [-0.3, -0.25) is 4.79 Å². The molecule has 3 aromatic heterocycles. The molecule has 24 heavy (non-hydrogen) atoms. The van der Waals surface area contributed by atoms with Crippen molar-refractivity contribution in [2.75, 3.05) is 12.4 Å². The van der Waals surface area contributed by atoms with Gasteiger partial charge in [-0.15, -0.1) is 5.10 Å². The molecule has 10 heteroatoms. The van der Waals surface area contributed by atoms with Gasteiger partial charge in [-0.05, 0) is 12.1 Å². The van der Waals surface area contributed by atoms with E-state index in [0.717, 1.165) is 16.8 Å². The van der Waals surface area contributed by atoms with Gasteiger partial charge < -0.3 is 10.4 Å². The number of aryl methyl sites for hydroxylation is 1. The number of anilines is 1. The number of carboxylic acid groups (broad SMARTS) is 1. The molecule has 0 aliphatic heterocycles. The van der Waals surface area contributed by atoms with E-state index in [2.05, 4.69) is 25.7 Å². The zero-order chi connectivity index (χ0) is 17.3. The van der Waals surface area contributed by atoms with Gasteiger partial charge in [0, 0.05) is 25.7 Å². The lowest BCUT2D eigenvalue weighted by atomic mass is 10.2. The van der Waals surface area contributed by atoms with Crippen molar-refractivity contribution < 1.29 is 9.90 Å². The van der Waals surface area contributed by atoms with E-state index in [9.17, 15) is 9.59 Å². The van der Waals surface area contributed by atoms with Crippen molar-refractivity contribution in [1.29, 1.82) is 0 Å². The van der Waals surface area contributed by atoms with Crippen LogP contribution in [-0.2, 0) is 7.05 Å². The summed E-state index contributed by atoms with van der Waals surface area (Å²) in [5.41, 5.74) is 0.954. The van der Waals surface area contributed by atoms with E-state index in [1.165, 1.54) is 6.20 Å². The van der Waals surface area contributed by atoms with Gasteiger partial charge >= 0.3 is 5.97 Å². The Labute approximate surface area is 135 Å². The molecule has 0 aliphatic carbocycles. The molecule has 3 rings (SSSR count). The summed E-state index contributed by atoms with van der Waals surface area (Å²) in [6.07, 6.45) is 2.99. The molecular weight excluding hydrogens is 314 g/mol. The maximum absolute atomic E-state index is 12.0. The van der Waals surface area contributed by atoms with Crippen molar-refractivity contribution in [3.63, 3.8) is 0 Å². The van der Waals surface area contributed by atoms with Crippen LogP contribution in [0.2, 0.25) is 0 Å². The molecule has 122 valence electrons. The monoisotopic (exact) mass is 327 g/mol. The third-order valence-electron chi connectivity index (χ3n) is 3.36. The molecule has 0 amide bonds. The number of aromatic carboxylic acids is 1. The molecule has 3 heterocycles. The summed E-state index contributed by atoms with van der Waals surface area (Å²) < 4.78 is 2.55. The molecule has 0 spiro atoms. The second-order valence-corrected chi connectivity index (χ2v) is 4.86. The highest BCUT2D eigenvalue weighted by Gasteiger charge is 2.14. The second kappa shape index (κ2) is 5.91. The van der Waals surface area contributed by atoms with E-state index >= 15 is 0 Å². The summed E-state index contributed by atoms with van der Waals surface area (Å²) in [6.45, 7) is 0. The van der Waals surface area contributed by atoms with Gasteiger partial charge in [0.2, 0.25) is 0 Å². The van der Waals surface area contributed by atoms with E-state index in [-0.39, 0.29) is 5.69 Å². The minimum atomic E-state index is -1.22. The Morgan fingerprint density at radius 2 is 2.08 bits per heavy atom. The van der Waals surface area contributed by atoms with E-state index < -0.39 is 11.5 Å². The zero-order valence-corrected chi connectivity index (χ0v) is 12.8. The van der Waals surface area contributed by atoms with E-state index in [4.69, 9.17) is 5.11 Å². The Balaban J connectivity index is 2.21. The Hall–Kier alpha value is -3.56. The van der Waals surface area contributed by atoms with Crippen molar-refractivity contribution in [3.05, 3.63) is 46.6 Å². The van der Waals surface area contributed by atoms with Crippen LogP contribution in [0.1, 0.15) is 10.5 Å². The van der Waals surface area contributed by atoms with Crippen LogP contribution in [0.3, 0.4) is 0 Å². The predicted octanol–water partition coefficient (Wildman–Crippen LogP) is 0.163. The zero-order valence-electron chi connectivity index (χ0n) is 12.8. The fraction of sp³-hybridized carbons (Fsp3) is 0.143.